The summed E-state index contributed by atoms with van der Waals surface area (Å²) in [5, 5.41) is 17.2. The topological polar surface area (TPSA) is 76.4 Å². The first-order valence-electron chi connectivity index (χ1n) is 10.4. The third-order valence-electron chi connectivity index (χ3n) is 5.76. The highest BCUT2D eigenvalue weighted by atomic mass is 16.5. The SMILES string of the molecule is O=C(Nc1ccc2cnn(CCCO)c2c1)OCC1c2ccccc2-c2ccccc21. The van der Waals surface area contributed by atoms with Gasteiger partial charge < -0.3 is 9.84 Å². The van der Waals surface area contributed by atoms with E-state index >= 15 is 0 Å². The first kappa shape index (κ1) is 19.3. The molecule has 1 aromatic heterocycles. The van der Waals surface area contributed by atoms with E-state index in [2.05, 4.69) is 34.7 Å². The molecule has 0 fully saturated rings. The first-order chi connectivity index (χ1) is 15.2. The summed E-state index contributed by atoms with van der Waals surface area (Å²) in [6, 6.07) is 22.2. The van der Waals surface area contributed by atoms with Crippen LogP contribution in [0, 0.1) is 0 Å². The maximum atomic E-state index is 12.5. The van der Waals surface area contributed by atoms with E-state index < -0.39 is 6.09 Å². The average molecular weight is 413 g/mol. The van der Waals surface area contributed by atoms with Crippen molar-refractivity contribution in [2.45, 2.75) is 18.9 Å². The van der Waals surface area contributed by atoms with Crippen LogP contribution in [0.5, 0.6) is 0 Å². The van der Waals surface area contributed by atoms with Gasteiger partial charge in [0.05, 0.1) is 11.7 Å². The molecule has 5 rings (SSSR count). The van der Waals surface area contributed by atoms with Crippen LogP contribution in [0.1, 0.15) is 23.5 Å². The molecule has 31 heavy (non-hydrogen) atoms. The summed E-state index contributed by atoms with van der Waals surface area (Å²) in [7, 11) is 0. The summed E-state index contributed by atoms with van der Waals surface area (Å²) in [4.78, 5) is 12.5. The summed E-state index contributed by atoms with van der Waals surface area (Å²) < 4.78 is 7.45. The van der Waals surface area contributed by atoms with Crippen molar-refractivity contribution in [2.24, 2.45) is 0 Å². The number of ether oxygens (including phenoxy) is 1. The van der Waals surface area contributed by atoms with Crippen LogP contribution < -0.4 is 5.32 Å². The monoisotopic (exact) mass is 413 g/mol. The second-order valence-electron chi connectivity index (χ2n) is 7.67. The van der Waals surface area contributed by atoms with Gasteiger partial charge >= 0.3 is 6.09 Å². The van der Waals surface area contributed by atoms with Crippen LogP contribution in [0.4, 0.5) is 10.5 Å². The smallest absolute Gasteiger partial charge is 0.411 e. The highest BCUT2D eigenvalue weighted by molar-refractivity contribution is 5.90. The van der Waals surface area contributed by atoms with Crippen LogP contribution in [0.3, 0.4) is 0 Å². The van der Waals surface area contributed by atoms with Gasteiger partial charge in [-0.15, -0.1) is 0 Å². The van der Waals surface area contributed by atoms with Crippen molar-refractivity contribution in [1.82, 2.24) is 9.78 Å². The fraction of sp³-hybridized carbons (Fsp3) is 0.200. The van der Waals surface area contributed by atoms with Crippen LogP contribution in [0.25, 0.3) is 22.0 Å². The van der Waals surface area contributed by atoms with E-state index in [1.54, 1.807) is 6.20 Å². The number of aromatic nitrogens is 2. The molecule has 1 aliphatic rings. The van der Waals surface area contributed by atoms with Crippen molar-refractivity contribution in [3.8, 4) is 11.1 Å². The van der Waals surface area contributed by atoms with Gasteiger partial charge in [0, 0.05) is 30.1 Å². The number of anilines is 1. The van der Waals surface area contributed by atoms with E-state index in [9.17, 15) is 4.79 Å². The minimum Gasteiger partial charge on any atom is -0.448 e. The number of nitrogens with one attached hydrogen (secondary N) is 1. The fourth-order valence-electron chi connectivity index (χ4n) is 4.30. The van der Waals surface area contributed by atoms with Gasteiger partial charge in [0.25, 0.3) is 0 Å². The molecule has 0 saturated heterocycles. The molecular weight excluding hydrogens is 390 g/mol. The van der Waals surface area contributed by atoms with Gasteiger partial charge in [-0.25, -0.2) is 4.79 Å². The molecule has 0 bridgehead atoms. The fourth-order valence-corrected chi connectivity index (χ4v) is 4.30. The van der Waals surface area contributed by atoms with Gasteiger partial charge in [0.15, 0.2) is 0 Å². The zero-order valence-electron chi connectivity index (χ0n) is 17.0. The Morgan fingerprint density at radius 1 is 1.03 bits per heavy atom. The molecule has 4 aromatic rings. The van der Waals surface area contributed by atoms with Gasteiger partial charge in [-0.1, -0.05) is 48.5 Å². The van der Waals surface area contributed by atoms with E-state index in [0.29, 0.717) is 18.7 Å². The van der Waals surface area contributed by atoms with Crippen molar-refractivity contribution >= 4 is 22.7 Å². The Morgan fingerprint density at radius 2 is 1.74 bits per heavy atom. The minimum atomic E-state index is -0.484. The zero-order chi connectivity index (χ0) is 21.2. The van der Waals surface area contributed by atoms with Crippen LogP contribution >= 0.6 is 0 Å². The van der Waals surface area contributed by atoms with Gasteiger partial charge in [0.2, 0.25) is 0 Å². The molecule has 1 aliphatic carbocycles. The summed E-state index contributed by atoms with van der Waals surface area (Å²) in [6.45, 7) is 1.00. The number of rotatable bonds is 6. The van der Waals surface area contributed by atoms with E-state index in [-0.39, 0.29) is 19.1 Å². The van der Waals surface area contributed by atoms with Crippen molar-refractivity contribution in [3.05, 3.63) is 84.1 Å². The van der Waals surface area contributed by atoms with Gasteiger partial charge in [-0.3, -0.25) is 10.00 Å². The Bertz CT molecular complexity index is 1200. The van der Waals surface area contributed by atoms with Crippen LogP contribution in [-0.4, -0.2) is 34.2 Å². The van der Waals surface area contributed by atoms with Crippen LogP contribution in [0.15, 0.2) is 72.9 Å². The number of amides is 1. The minimum absolute atomic E-state index is 0.0283. The molecule has 3 aromatic carbocycles. The normalized spacial score (nSPS) is 12.5. The number of carbonyl (C=O) groups is 1. The lowest BCUT2D eigenvalue weighted by molar-refractivity contribution is 0.158. The summed E-state index contributed by atoms with van der Waals surface area (Å²) in [6.07, 6.45) is 1.92. The number of carbonyl (C=O) groups excluding carboxylic acids is 1. The quantitative estimate of drug-likeness (QED) is 0.477. The highest BCUT2D eigenvalue weighted by Gasteiger charge is 2.29. The number of benzene rings is 3. The largest absolute Gasteiger partial charge is 0.448 e. The Labute approximate surface area is 180 Å². The zero-order valence-corrected chi connectivity index (χ0v) is 17.0. The van der Waals surface area contributed by atoms with Crippen molar-refractivity contribution in [2.75, 3.05) is 18.5 Å². The molecule has 0 unspecified atom stereocenters. The average Bonchev–Trinajstić information content (AvgIpc) is 3.35. The van der Waals surface area contributed by atoms with Crippen molar-refractivity contribution in [1.29, 1.82) is 0 Å². The number of hydrogen-bond acceptors (Lipinski definition) is 4. The predicted molar refractivity (Wildman–Crippen MR) is 120 cm³/mol. The lowest BCUT2D eigenvalue weighted by Gasteiger charge is -2.14. The maximum absolute atomic E-state index is 12.5. The molecule has 2 N–H and O–H groups in total. The van der Waals surface area contributed by atoms with E-state index in [1.807, 2.05) is 47.1 Å². The second kappa shape index (κ2) is 8.24. The molecule has 1 amide bonds. The van der Waals surface area contributed by atoms with E-state index in [1.165, 1.54) is 22.3 Å². The molecule has 0 aliphatic heterocycles. The Kier molecular flexibility index (Phi) is 5.14. The highest BCUT2D eigenvalue weighted by Crippen LogP contribution is 2.44. The lowest BCUT2D eigenvalue weighted by atomic mass is 9.98. The maximum Gasteiger partial charge on any atom is 0.411 e. The molecule has 156 valence electrons. The lowest BCUT2D eigenvalue weighted by Crippen LogP contribution is -2.18. The summed E-state index contributed by atoms with van der Waals surface area (Å²) >= 11 is 0. The van der Waals surface area contributed by atoms with E-state index in [0.717, 1.165) is 10.9 Å². The Balaban J connectivity index is 1.29. The second-order valence-corrected chi connectivity index (χ2v) is 7.67. The first-order valence-corrected chi connectivity index (χ1v) is 10.4. The molecule has 6 nitrogen and oxygen atoms in total. The van der Waals surface area contributed by atoms with Crippen molar-refractivity contribution < 1.29 is 14.6 Å². The Morgan fingerprint density at radius 3 is 2.45 bits per heavy atom. The molecule has 1 heterocycles. The molecular formula is C25H23N3O3. The van der Waals surface area contributed by atoms with Crippen molar-refractivity contribution in [3.63, 3.8) is 0 Å². The number of aliphatic hydroxyl groups is 1. The molecule has 6 heteroatoms. The standard InChI is InChI=1S/C25H23N3O3/c29-13-5-12-28-24-14-18(11-10-17(24)15-26-28)27-25(30)31-16-23-21-8-3-1-6-19(21)20-7-2-4-9-22(20)23/h1-4,6-11,14-15,23,29H,5,12-13,16H2,(H,27,30). The summed E-state index contributed by atoms with van der Waals surface area (Å²) in [5.41, 5.74) is 6.33. The Hall–Kier alpha value is -3.64. The van der Waals surface area contributed by atoms with Crippen LogP contribution in [-0.2, 0) is 11.3 Å². The number of fused-ring (bicyclic) bond motifs is 4. The van der Waals surface area contributed by atoms with Gasteiger partial charge in [-0.2, -0.15) is 5.10 Å². The summed E-state index contributed by atoms with van der Waals surface area (Å²) in [5.74, 6) is 0.0283. The third-order valence-corrected chi connectivity index (χ3v) is 5.76. The predicted octanol–water partition coefficient (Wildman–Crippen LogP) is 4.78. The van der Waals surface area contributed by atoms with Gasteiger partial charge in [-0.05, 0) is 46.9 Å². The molecule has 0 spiro atoms. The number of nitrogens with zero attached hydrogens (tertiary/aromatic N) is 2. The number of aliphatic hydroxyl groups excluding tert-OH is 1. The molecule has 0 saturated carbocycles. The van der Waals surface area contributed by atoms with Crippen LogP contribution in [0.2, 0.25) is 0 Å². The van der Waals surface area contributed by atoms with E-state index in [4.69, 9.17) is 9.84 Å². The molecule has 0 radical (unpaired) electrons. The number of hydrogen-bond donors (Lipinski definition) is 2. The third kappa shape index (κ3) is 3.66. The molecule has 0 atom stereocenters. The number of aryl methyl sites for hydroxylation is 1. The van der Waals surface area contributed by atoms with Gasteiger partial charge in [0.1, 0.15) is 6.61 Å².